The Labute approximate surface area is 92.3 Å². The van der Waals surface area contributed by atoms with Gasteiger partial charge in [0.25, 0.3) is 0 Å². The molecule has 0 aliphatic carbocycles. The number of carbonyl (C=O) groups excluding carboxylic acids is 1. The van der Waals surface area contributed by atoms with E-state index in [4.69, 9.17) is 5.11 Å². The van der Waals surface area contributed by atoms with Crippen molar-refractivity contribution in [1.82, 2.24) is 4.57 Å². The van der Waals surface area contributed by atoms with E-state index in [1.165, 1.54) is 13.0 Å². The molecule has 0 unspecified atom stereocenters. The van der Waals surface area contributed by atoms with Gasteiger partial charge in [-0.15, -0.1) is 0 Å². The van der Waals surface area contributed by atoms with Gasteiger partial charge in [0, 0.05) is 24.1 Å². The first-order valence-corrected chi connectivity index (χ1v) is 5.89. The van der Waals surface area contributed by atoms with Crippen molar-refractivity contribution in [2.45, 2.75) is 13.5 Å². The molecule has 4 nitrogen and oxygen atoms in total. The molecule has 0 radical (unpaired) electrons. The fourth-order valence-electron chi connectivity index (χ4n) is 1.26. The fraction of sp³-hybridized carbons (Fsp3) is 0.400. The summed E-state index contributed by atoms with van der Waals surface area (Å²) in [5.74, 6) is -0.282. The van der Waals surface area contributed by atoms with Gasteiger partial charge in [0.2, 0.25) is 0 Å². The minimum Gasteiger partial charge on any atom is -0.477 e. The Hall–Kier alpha value is -1.23. The number of thioether (sulfide) groups is 1. The number of aromatic nitrogens is 1. The Bertz CT molecular complexity index is 384. The highest BCUT2D eigenvalue weighted by molar-refractivity contribution is 7.98. The van der Waals surface area contributed by atoms with Crippen LogP contribution < -0.4 is 0 Å². The van der Waals surface area contributed by atoms with Crippen molar-refractivity contribution in [1.29, 1.82) is 0 Å². The molecule has 1 aromatic heterocycles. The predicted octanol–water partition coefficient (Wildman–Crippen LogP) is 1.75. The van der Waals surface area contributed by atoms with Gasteiger partial charge >= 0.3 is 5.97 Å². The van der Waals surface area contributed by atoms with Crippen LogP contribution in [-0.4, -0.2) is 33.4 Å². The number of aryl methyl sites for hydroxylation is 1. The summed E-state index contributed by atoms with van der Waals surface area (Å²) in [5, 5.41) is 8.92. The summed E-state index contributed by atoms with van der Waals surface area (Å²) in [6.07, 6.45) is 3.55. The lowest BCUT2D eigenvalue weighted by atomic mass is 10.2. The van der Waals surface area contributed by atoms with Gasteiger partial charge in [0.1, 0.15) is 5.69 Å². The smallest absolute Gasteiger partial charge is 0.352 e. The summed E-state index contributed by atoms with van der Waals surface area (Å²) in [5.41, 5.74) is 0.628. The Balaban J connectivity index is 3.00. The van der Waals surface area contributed by atoms with Crippen LogP contribution in [0.3, 0.4) is 0 Å². The molecular weight excluding hydrogens is 214 g/mol. The highest BCUT2D eigenvalue weighted by atomic mass is 32.2. The molecule has 0 fully saturated rings. The summed E-state index contributed by atoms with van der Waals surface area (Å²) in [6.45, 7) is 2.04. The lowest BCUT2D eigenvalue weighted by molar-refractivity contribution is 0.0685. The number of Topliss-reactive ketones (excluding diaryl/α,β-unsaturated/α-hetero) is 1. The van der Waals surface area contributed by atoms with Gasteiger partial charge in [-0.25, -0.2) is 4.79 Å². The molecule has 82 valence electrons. The molecule has 15 heavy (non-hydrogen) atoms. The number of ketones is 1. The van der Waals surface area contributed by atoms with Gasteiger partial charge in [0.15, 0.2) is 5.78 Å². The van der Waals surface area contributed by atoms with Crippen LogP contribution >= 0.6 is 11.8 Å². The van der Waals surface area contributed by atoms with Crippen molar-refractivity contribution in [3.63, 3.8) is 0 Å². The number of carboxylic acid groups (broad SMARTS) is 1. The van der Waals surface area contributed by atoms with E-state index in [1.54, 1.807) is 22.5 Å². The number of hydrogen-bond donors (Lipinski definition) is 1. The van der Waals surface area contributed by atoms with E-state index in [9.17, 15) is 9.59 Å². The Kier molecular flexibility index (Phi) is 3.96. The van der Waals surface area contributed by atoms with Gasteiger partial charge < -0.3 is 9.67 Å². The molecule has 0 bridgehead atoms. The molecule has 1 rings (SSSR count). The van der Waals surface area contributed by atoms with Gasteiger partial charge in [0.05, 0.1) is 0 Å². The summed E-state index contributed by atoms with van der Waals surface area (Å²) in [6, 6.07) is 1.42. The van der Waals surface area contributed by atoms with Crippen molar-refractivity contribution in [3.05, 3.63) is 23.5 Å². The Morgan fingerprint density at radius 1 is 1.53 bits per heavy atom. The van der Waals surface area contributed by atoms with Gasteiger partial charge in [-0.3, -0.25) is 4.79 Å². The maximum atomic E-state index is 11.1. The minimum absolute atomic E-state index is 0.111. The first-order chi connectivity index (χ1) is 7.06. The van der Waals surface area contributed by atoms with Crippen molar-refractivity contribution in [2.75, 3.05) is 12.0 Å². The van der Waals surface area contributed by atoms with E-state index >= 15 is 0 Å². The molecule has 0 amide bonds. The monoisotopic (exact) mass is 227 g/mol. The second kappa shape index (κ2) is 5.02. The van der Waals surface area contributed by atoms with E-state index in [-0.39, 0.29) is 11.5 Å². The molecule has 5 heteroatoms. The van der Waals surface area contributed by atoms with Crippen LogP contribution in [0.2, 0.25) is 0 Å². The maximum Gasteiger partial charge on any atom is 0.352 e. The third-order valence-corrected chi connectivity index (χ3v) is 2.65. The Morgan fingerprint density at radius 2 is 2.20 bits per heavy atom. The number of carboxylic acids is 1. The average Bonchev–Trinajstić information content (AvgIpc) is 2.58. The molecule has 1 aromatic rings. The van der Waals surface area contributed by atoms with Crippen molar-refractivity contribution in [3.8, 4) is 0 Å². The first kappa shape index (κ1) is 11.8. The molecule has 0 saturated heterocycles. The second-order valence-electron chi connectivity index (χ2n) is 3.16. The van der Waals surface area contributed by atoms with E-state index in [1.807, 2.05) is 6.26 Å². The van der Waals surface area contributed by atoms with E-state index < -0.39 is 5.97 Å². The molecule has 1 heterocycles. The van der Waals surface area contributed by atoms with Crippen molar-refractivity contribution < 1.29 is 14.7 Å². The molecule has 0 aliphatic heterocycles. The van der Waals surface area contributed by atoms with Crippen LogP contribution in [0.5, 0.6) is 0 Å². The summed E-state index contributed by atoms with van der Waals surface area (Å²) < 4.78 is 1.61. The van der Waals surface area contributed by atoms with Gasteiger partial charge in [-0.1, -0.05) is 0 Å². The number of rotatable bonds is 5. The van der Waals surface area contributed by atoms with Gasteiger partial charge in [-0.05, 0) is 19.2 Å². The largest absolute Gasteiger partial charge is 0.477 e. The zero-order valence-corrected chi connectivity index (χ0v) is 9.50. The third-order valence-electron chi connectivity index (χ3n) is 2.06. The molecule has 0 aliphatic rings. The standard InChI is InChI=1S/C10H13NO3S/c1-7(12)8-5-9(10(13)14)11(6-8)3-4-15-2/h5-6H,3-4H2,1-2H3,(H,13,14). The summed E-state index contributed by atoms with van der Waals surface area (Å²) in [7, 11) is 0. The lowest BCUT2D eigenvalue weighted by Crippen LogP contribution is -2.08. The molecule has 0 atom stereocenters. The van der Waals surface area contributed by atoms with Crippen molar-refractivity contribution in [2.24, 2.45) is 0 Å². The zero-order valence-electron chi connectivity index (χ0n) is 8.69. The number of nitrogens with zero attached hydrogens (tertiary/aromatic N) is 1. The summed E-state index contributed by atoms with van der Waals surface area (Å²) >= 11 is 1.64. The van der Waals surface area contributed by atoms with E-state index in [2.05, 4.69) is 0 Å². The second-order valence-corrected chi connectivity index (χ2v) is 4.15. The van der Waals surface area contributed by atoms with Crippen LogP contribution in [-0.2, 0) is 6.54 Å². The predicted molar refractivity (Wildman–Crippen MR) is 59.8 cm³/mol. The highest BCUT2D eigenvalue weighted by Gasteiger charge is 2.13. The van der Waals surface area contributed by atoms with E-state index in [0.717, 1.165) is 5.75 Å². The number of carbonyl (C=O) groups is 2. The molecular formula is C10H13NO3S. The van der Waals surface area contributed by atoms with Gasteiger partial charge in [-0.2, -0.15) is 11.8 Å². The van der Waals surface area contributed by atoms with Crippen LogP contribution in [0.25, 0.3) is 0 Å². The molecule has 0 spiro atoms. The van der Waals surface area contributed by atoms with E-state index in [0.29, 0.717) is 12.1 Å². The maximum absolute atomic E-state index is 11.1. The molecule has 1 N–H and O–H groups in total. The normalized spacial score (nSPS) is 10.3. The zero-order chi connectivity index (χ0) is 11.4. The van der Waals surface area contributed by atoms with Crippen LogP contribution in [0.4, 0.5) is 0 Å². The topological polar surface area (TPSA) is 59.3 Å². The number of hydrogen-bond acceptors (Lipinski definition) is 3. The lowest BCUT2D eigenvalue weighted by Gasteiger charge is -2.03. The average molecular weight is 227 g/mol. The Morgan fingerprint density at radius 3 is 2.67 bits per heavy atom. The third kappa shape index (κ3) is 2.86. The SMILES string of the molecule is CSCCn1cc(C(C)=O)cc1C(=O)O. The minimum atomic E-state index is -0.997. The fourth-order valence-corrected chi connectivity index (χ4v) is 1.64. The number of aromatic carboxylic acids is 1. The molecule has 0 saturated carbocycles. The van der Waals surface area contributed by atoms with Crippen LogP contribution in [0.1, 0.15) is 27.8 Å². The van der Waals surface area contributed by atoms with Crippen molar-refractivity contribution >= 4 is 23.5 Å². The van der Waals surface area contributed by atoms with Crippen LogP contribution in [0.15, 0.2) is 12.3 Å². The van der Waals surface area contributed by atoms with Crippen LogP contribution in [0, 0.1) is 0 Å². The first-order valence-electron chi connectivity index (χ1n) is 4.49. The highest BCUT2D eigenvalue weighted by Crippen LogP contribution is 2.11. The molecule has 0 aromatic carbocycles. The quantitative estimate of drug-likeness (QED) is 0.778. The summed E-state index contributed by atoms with van der Waals surface area (Å²) in [4.78, 5) is 22.0.